The molecule has 192 valence electrons. The number of nitrogens with one attached hydrogen (secondary N) is 2. The molecule has 1 fully saturated rings. The second-order valence-corrected chi connectivity index (χ2v) is 10.6. The van der Waals surface area contributed by atoms with Gasteiger partial charge < -0.3 is 25.7 Å². The van der Waals surface area contributed by atoms with Gasteiger partial charge in [-0.15, -0.1) is 11.8 Å². The van der Waals surface area contributed by atoms with Gasteiger partial charge >= 0.3 is 5.97 Å². The van der Waals surface area contributed by atoms with Crippen LogP contribution in [0.15, 0.2) is 54.6 Å². The average molecular weight is 514 g/mol. The summed E-state index contributed by atoms with van der Waals surface area (Å²) in [6.07, 6.45) is -1.54. The van der Waals surface area contributed by atoms with Crippen molar-refractivity contribution in [3.63, 3.8) is 0 Å². The highest BCUT2D eigenvalue weighted by Gasteiger charge is 2.40. The molecule has 3 atom stereocenters. The molecule has 1 aliphatic rings. The zero-order chi connectivity index (χ0) is 26.5. The van der Waals surface area contributed by atoms with Crippen molar-refractivity contribution in [2.24, 2.45) is 0 Å². The van der Waals surface area contributed by atoms with E-state index >= 15 is 0 Å². The molecule has 1 unspecified atom stereocenters. The summed E-state index contributed by atoms with van der Waals surface area (Å²) < 4.78 is 0. The number of carboxylic acids is 1. The highest BCUT2D eigenvalue weighted by atomic mass is 32.2. The first-order valence-electron chi connectivity index (χ1n) is 11.5. The van der Waals surface area contributed by atoms with E-state index < -0.39 is 41.5 Å². The molecule has 10 heteroatoms. The Bertz CT molecular complexity index is 1120. The molecule has 0 radical (unpaired) electrons. The predicted octanol–water partition coefficient (Wildman–Crippen LogP) is 1.90. The molecule has 3 rings (SSSR count). The minimum atomic E-state index is -1.66. The van der Waals surface area contributed by atoms with Crippen LogP contribution in [0.25, 0.3) is 0 Å². The quantitative estimate of drug-likeness (QED) is 0.423. The number of amides is 3. The van der Waals surface area contributed by atoms with Gasteiger partial charge in [0.25, 0.3) is 11.8 Å². The lowest BCUT2D eigenvalue weighted by atomic mass is 9.98. The lowest BCUT2D eigenvalue weighted by molar-refractivity contribution is -0.146. The number of aromatic carboxylic acids is 1. The minimum Gasteiger partial charge on any atom is -0.478 e. The molecule has 9 nitrogen and oxygen atoms in total. The largest absolute Gasteiger partial charge is 0.478 e. The molecule has 0 spiro atoms. The first kappa shape index (κ1) is 27.2. The Hall–Kier alpha value is -3.37. The van der Waals surface area contributed by atoms with E-state index in [2.05, 4.69) is 10.6 Å². The molecule has 2 aromatic rings. The topological polar surface area (TPSA) is 136 Å². The maximum atomic E-state index is 13.4. The zero-order valence-electron chi connectivity index (χ0n) is 20.4. The molecule has 0 saturated carbocycles. The van der Waals surface area contributed by atoms with E-state index in [1.54, 1.807) is 24.3 Å². The van der Waals surface area contributed by atoms with Crippen LogP contribution in [0.4, 0.5) is 0 Å². The summed E-state index contributed by atoms with van der Waals surface area (Å²) in [6.45, 7) is 5.52. The molecular formula is C26H31N3O6S. The number of rotatable bonds is 8. The third-order valence-corrected chi connectivity index (χ3v) is 6.63. The van der Waals surface area contributed by atoms with Gasteiger partial charge in [0.05, 0.1) is 23.0 Å². The minimum absolute atomic E-state index is 0.0816. The molecule has 36 heavy (non-hydrogen) atoms. The summed E-state index contributed by atoms with van der Waals surface area (Å²) in [5, 5.41) is 26.1. The van der Waals surface area contributed by atoms with Crippen molar-refractivity contribution in [1.82, 2.24) is 15.5 Å². The van der Waals surface area contributed by atoms with Crippen LogP contribution in [-0.2, 0) is 16.0 Å². The van der Waals surface area contributed by atoms with E-state index in [1.807, 2.05) is 26.8 Å². The van der Waals surface area contributed by atoms with Crippen molar-refractivity contribution in [3.05, 3.63) is 71.3 Å². The second-order valence-electron chi connectivity index (χ2n) is 9.63. The van der Waals surface area contributed by atoms with Gasteiger partial charge in [-0.25, -0.2) is 4.79 Å². The first-order chi connectivity index (χ1) is 17.0. The Morgan fingerprint density at radius 1 is 1.03 bits per heavy atom. The van der Waals surface area contributed by atoms with Crippen LogP contribution < -0.4 is 10.6 Å². The normalized spacial score (nSPS) is 17.2. The number of carboxylic acid groups (broad SMARTS) is 1. The van der Waals surface area contributed by atoms with E-state index in [0.29, 0.717) is 5.75 Å². The van der Waals surface area contributed by atoms with Crippen LogP contribution in [0.5, 0.6) is 0 Å². The average Bonchev–Trinajstić information content (AvgIpc) is 3.32. The fourth-order valence-electron chi connectivity index (χ4n) is 3.90. The number of hydrogen-bond donors (Lipinski definition) is 4. The Kier molecular flexibility index (Phi) is 8.75. The highest BCUT2D eigenvalue weighted by Crippen LogP contribution is 2.24. The molecule has 1 saturated heterocycles. The Morgan fingerprint density at radius 2 is 1.64 bits per heavy atom. The summed E-state index contributed by atoms with van der Waals surface area (Å²) in [5.41, 5.74) is 0.00366. The summed E-state index contributed by atoms with van der Waals surface area (Å²) in [6, 6.07) is 12.9. The lowest BCUT2D eigenvalue weighted by Crippen LogP contribution is -2.57. The van der Waals surface area contributed by atoms with Gasteiger partial charge in [0.2, 0.25) is 5.91 Å². The Balaban J connectivity index is 1.85. The molecule has 0 aliphatic carbocycles. The molecule has 1 aliphatic heterocycles. The van der Waals surface area contributed by atoms with Gasteiger partial charge in [0, 0.05) is 11.3 Å². The van der Waals surface area contributed by atoms with Gasteiger partial charge in [-0.2, -0.15) is 0 Å². The van der Waals surface area contributed by atoms with E-state index in [4.69, 9.17) is 0 Å². The maximum absolute atomic E-state index is 13.4. The predicted molar refractivity (Wildman–Crippen MR) is 137 cm³/mol. The van der Waals surface area contributed by atoms with Crippen molar-refractivity contribution in [2.75, 3.05) is 11.6 Å². The Morgan fingerprint density at radius 3 is 2.25 bits per heavy atom. The smallest absolute Gasteiger partial charge is 0.336 e. The second kappa shape index (κ2) is 11.6. The SMILES string of the molecule is CC(C)(C)NC(=O)C1CSCN1C(=O)[C@@H](O)[C@H](Cc1ccccc1)NC(=O)c1ccccc1C(=O)O. The number of hydrogen-bond acceptors (Lipinski definition) is 6. The van der Waals surface area contributed by atoms with Gasteiger partial charge in [-0.1, -0.05) is 42.5 Å². The number of carbonyl (C=O) groups is 4. The summed E-state index contributed by atoms with van der Waals surface area (Å²) in [7, 11) is 0. The van der Waals surface area contributed by atoms with Crippen molar-refractivity contribution in [3.8, 4) is 0 Å². The van der Waals surface area contributed by atoms with Crippen LogP contribution in [0.2, 0.25) is 0 Å². The van der Waals surface area contributed by atoms with Crippen molar-refractivity contribution in [1.29, 1.82) is 0 Å². The van der Waals surface area contributed by atoms with Gasteiger partial charge in [-0.05, 0) is 44.9 Å². The van der Waals surface area contributed by atoms with Gasteiger partial charge in [-0.3, -0.25) is 14.4 Å². The van der Waals surface area contributed by atoms with Crippen LogP contribution in [-0.4, -0.2) is 74.2 Å². The number of aliphatic hydroxyl groups is 1. The van der Waals surface area contributed by atoms with Crippen LogP contribution in [0, 0.1) is 0 Å². The fourth-order valence-corrected chi connectivity index (χ4v) is 5.06. The van der Waals surface area contributed by atoms with Crippen LogP contribution >= 0.6 is 11.8 Å². The van der Waals surface area contributed by atoms with E-state index in [-0.39, 0.29) is 29.3 Å². The molecule has 4 N–H and O–H groups in total. The zero-order valence-corrected chi connectivity index (χ0v) is 21.2. The standard InChI is InChI=1S/C26H31N3O6S/c1-26(2,3)28-23(32)20-14-36-15-29(20)24(33)21(30)19(13-16-9-5-4-6-10-16)27-22(31)17-11-7-8-12-18(17)25(34)35/h4-12,19-21,30H,13-15H2,1-3H3,(H,27,31)(H,28,32)(H,34,35)/t19-,20?,21-/m0/s1. The number of thioether (sulfide) groups is 1. The monoisotopic (exact) mass is 513 g/mol. The summed E-state index contributed by atoms with van der Waals surface area (Å²) in [5.74, 6) is -2.36. The first-order valence-corrected chi connectivity index (χ1v) is 12.7. The molecule has 3 amide bonds. The van der Waals surface area contributed by atoms with Crippen molar-refractivity contribution < 1.29 is 29.4 Å². The third kappa shape index (κ3) is 6.86. The number of nitrogens with zero attached hydrogens (tertiary/aromatic N) is 1. The maximum Gasteiger partial charge on any atom is 0.336 e. The van der Waals surface area contributed by atoms with Crippen LogP contribution in [0.1, 0.15) is 47.1 Å². The highest BCUT2D eigenvalue weighted by molar-refractivity contribution is 7.99. The molecule has 1 heterocycles. The van der Waals surface area contributed by atoms with E-state index in [9.17, 15) is 29.4 Å². The number of benzene rings is 2. The fraction of sp³-hybridized carbons (Fsp3) is 0.385. The summed E-state index contributed by atoms with van der Waals surface area (Å²) in [4.78, 5) is 52.2. The van der Waals surface area contributed by atoms with Gasteiger partial charge in [0.1, 0.15) is 6.04 Å². The van der Waals surface area contributed by atoms with Crippen molar-refractivity contribution >= 4 is 35.5 Å². The molecular weight excluding hydrogens is 482 g/mol. The van der Waals surface area contributed by atoms with E-state index in [1.165, 1.54) is 40.9 Å². The van der Waals surface area contributed by atoms with Crippen molar-refractivity contribution in [2.45, 2.75) is 50.9 Å². The summed E-state index contributed by atoms with van der Waals surface area (Å²) >= 11 is 1.40. The number of carbonyl (C=O) groups excluding carboxylic acids is 3. The number of aliphatic hydroxyl groups excluding tert-OH is 1. The van der Waals surface area contributed by atoms with Crippen LogP contribution in [0.3, 0.4) is 0 Å². The third-order valence-electron chi connectivity index (χ3n) is 5.62. The molecule has 2 aromatic carbocycles. The van der Waals surface area contributed by atoms with E-state index in [0.717, 1.165) is 5.56 Å². The lowest BCUT2D eigenvalue weighted by Gasteiger charge is -2.31. The molecule has 0 aromatic heterocycles. The molecule has 0 bridgehead atoms. The van der Waals surface area contributed by atoms with Gasteiger partial charge in [0.15, 0.2) is 6.10 Å². The Labute approximate surface area is 214 Å².